The Kier molecular flexibility index (Phi) is 5.31. The second-order valence-electron chi connectivity index (χ2n) is 6.47. The fourth-order valence-electron chi connectivity index (χ4n) is 3.09. The zero-order valence-electron chi connectivity index (χ0n) is 15.7. The van der Waals surface area contributed by atoms with Gasteiger partial charge in [-0.3, -0.25) is 9.97 Å². The highest BCUT2D eigenvalue weighted by Gasteiger charge is 2.14. The van der Waals surface area contributed by atoms with Crippen LogP contribution in [0.3, 0.4) is 0 Å². The van der Waals surface area contributed by atoms with Gasteiger partial charge in [-0.25, -0.2) is 9.37 Å². The molecular weight excluding hydrogens is 371 g/mol. The van der Waals surface area contributed by atoms with E-state index in [2.05, 4.69) is 20.3 Å². The lowest BCUT2D eigenvalue weighted by Gasteiger charge is -2.19. The molecule has 3 aromatic heterocycles. The molecule has 0 saturated carbocycles. The minimum Gasteiger partial charge on any atom is -0.481 e. The summed E-state index contributed by atoms with van der Waals surface area (Å²) in [6.45, 7) is -0.117. The SMILES string of the molecule is COc1ccc([C@@H](CO)Nc2ccnc3cnc(-c4ccc(F)cc4)cc23)cn1. The van der Waals surface area contributed by atoms with E-state index in [9.17, 15) is 9.50 Å². The molecule has 4 rings (SSSR count). The number of hydrogen-bond donors (Lipinski definition) is 2. The summed E-state index contributed by atoms with van der Waals surface area (Å²) >= 11 is 0. The third-order valence-corrected chi connectivity index (χ3v) is 4.65. The smallest absolute Gasteiger partial charge is 0.212 e. The maximum absolute atomic E-state index is 13.2. The Morgan fingerprint density at radius 3 is 2.55 bits per heavy atom. The number of rotatable bonds is 6. The Bertz CT molecular complexity index is 1120. The van der Waals surface area contributed by atoms with Gasteiger partial charge in [-0.05, 0) is 48.0 Å². The molecule has 0 amide bonds. The lowest BCUT2D eigenvalue weighted by molar-refractivity contribution is 0.276. The molecule has 0 saturated heterocycles. The van der Waals surface area contributed by atoms with E-state index in [1.807, 2.05) is 18.2 Å². The van der Waals surface area contributed by atoms with Gasteiger partial charge in [-0.1, -0.05) is 0 Å². The largest absolute Gasteiger partial charge is 0.481 e. The first-order chi connectivity index (χ1) is 14.2. The average Bonchev–Trinajstić information content (AvgIpc) is 2.78. The van der Waals surface area contributed by atoms with E-state index in [1.54, 1.807) is 43.9 Å². The summed E-state index contributed by atoms with van der Waals surface area (Å²) < 4.78 is 18.3. The standard InChI is InChI=1S/C22H19FN4O2/c1-29-22-7-4-15(11-26-22)21(13-28)27-18-8-9-24-20-12-25-19(10-17(18)20)14-2-5-16(23)6-3-14/h2-12,21,28H,13H2,1H3,(H,24,27)/t21-/m1/s1. The maximum Gasteiger partial charge on any atom is 0.212 e. The molecule has 3 heterocycles. The highest BCUT2D eigenvalue weighted by atomic mass is 19.1. The second kappa shape index (κ2) is 8.20. The van der Waals surface area contributed by atoms with E-state index < -0.39 is 0 Å². The maximum atomic E-state index is 13.2. The van der Waals surface area contributed by atoms with Crippen molar-refractivity contribution in [1.82, 2.24) is 15.0 Å². The van der Waals surface area contributed by atoms with Crippen molar-refractivity contribution in [2.75, 3.05) is 19.0 Å². The Hall–Kier alpha value is -3.58. The predicted molar refractivity (Wildman–Crippen MR) is 109 cm³/mol. The molecule has 0 spiro atoms. The molecule has 0 aliphatic heterocycles. The summed E-state index contributed by atoms with van der Waals surface area (Å²) in [5.74, 6) is 0.215. The molecule has 1 atom stereocenters. The molecule has 0 aliphatic carbocycles. The van der Waals surface area contributed by atoms with Crippen molar-refractivity contribution in [2.24, 2.45) is 0 Å². The van der Waals surface area contributed by atoms with Crippen LogP contribution >= 0.6 is 0 Å². The average molecular weight is 390 g/mol. The minimum absolute atomic E-state index is 0.117. The zero-order valence-corrected chi connectivity index (χ0v) is 15.7. The first-order valence-corrected chi connectivity index (χ1v) is 9.06. The first kappa shape index (κ1) is 18.8. The number of pyridine rings is 3. The van der Waals surface area contributed by atoms with Gasteiger partial charge in [0.05, 0.1) is 37.2 Å². The van der Waals surface area contributed by atoms with Gasteiger partial charge in [0.15, 0.2) is 0 Å². The number of ether oxygens (including phenoxy) is 1. The highest BCUT2D eigenvalue weighted by molar-refractivity contribution is 5.93. The second-order valence-corrected chi connectivity index (χ2v) is 6.47. The summed E-state index contributed by atoms with van der Waals surface area (Å²) in [7, 11) is 1.56. The molecule has 0 bridgehead atoms. The summed E-state index contributed by atoms with van der Waals surface area (Å²) in [6.07, 6.45) is 5.04. The molecule has 0 radical (unpaired) electrons. The summed E-state index contributed by atoms with van der Waals surface area (Å²) in [5, 5.41) is 14.1. The van der Waals surface area contributed by atoms with Crippen molar-refractivity contribution in [1.29, 1.82) is 0 Å². The van der Waals surface area contributed by atoms with Gasteiger partial charge >= 0.3 is 0 Å². The minimum atomic E-state index is -0.360. The normalized spacial score (nSPS) is 12.0. The molecule has 0 aliphatic rings. The van der Waals surface area contributed by atoms with Crippen LogP contribution in [0.4, 0.5) is 10.1 Å². The van der Waals surface area contributed by atoms with Crippen molar-refractivity contribution in [3.8, 4) is 17.1 Å². The topological polar surface area (TPSA) is 80.2 Å². The van der Waals surface area contributed by atoms with E-state index in [1.165, 1.54) is 12.1 Å². The van der Waals surface area contributed by atoms with E-state index in [4.69, 9.17) is 4.74 Å². The van der Waals surface area contributed by atoms with Crippen LogP contribution in [0.5, 0.6) is 5.88 Å². The molecule has 0 fully saturated rings. The van der Waals surface area contributed by atoms with Crippen LogP contribution in [0, 0.1) is 5.82 Å². The van der Waals surface area contributed by atoms with Gasteiger partial charge < -0.3 is 15.2 Å². The number of nitrogens with one attached hydrogen (secondary N) is 1. The van der Waals surface area contributed by atoms with Gasteiger partial charge in [-0.2, -0.15) is 0 Å². The third kappa shape index (κ3) is 4.00. The number of fused-ring (bicyclic) bond motifs is 1. The fourth-order valence-corrected chi connectivity index (χ4v) is 3.09. The summed E-state index contributed by atoms with van der Waals surface area (Å²) in [4.78, 5) is 13.0. The number of aliphatic hydroxyl groups excluding tert-OH is 1. The molecular formula is C22H19FN4O2. The molecule has 0 unspecified atom stereocenters. The van der Waals surface area contributed by atoms with Crippen molar-refractivity contribution in [3.63, 3.8) is 0 Å². The molecule has 4 aromatic rings. The number of nitrogens with zero attached hydrogens (tertiary/aromatic N) is 3. The van der Waals surface area contributed by atoms with Crippen LogP contribution < -0.4 is 10.1 Å². The van der Waals surface area contributed by atoms with Crippen LogP contribution in [0.1, 0.15) is 11.6 Å². The summed E-state index contributed by atoms with van der Waals surface area (Å²) in [5.41, 5.74) is 3.86. The number of benzene rings is 1. The number of aliphatic hydroxyl groups is 1. The summed E-state index contributed by atoms with van der Waals surface area (Å²) in [6, 6.07) is 13.2. The van der Waals surface area contributed by atoms with Crippen LogP contribution in [-0.4, -0.2) is 33.8 Å². The molecule has 146 valence electrons. The number of aromatic nitrogens is 3. The Labute approximate surface area is 167 Å². The van der Waals surface area contributed by atoms with E-state index in [0.29, 0.717) is 17.1 Å². The molecule has 2 N–H and O–H groups in total. The van der Waals surface area contributed by atoms with Crippen LogP contribution in [-0.2, 0) is 0 Å². The van der Waals surface area contributed by atoms with Gasteiger partial charge in [-0.15, -0.1) is 0 Å². The Balaban J connectivity index is 1.70. The van der Waals surface area contributed by atoms with Crippen molar-refractivity contribution >= 4 is 16.6 Å². The van der Waals surface area contributed by atoms with Gasteiger partial charge in [0.2, 0.25) is 5.88 Å². The molecule has 6 nitrogen and oxygen atoms in total. The van der Waals surface area contributed by atoms with Crippen LogP contribution in [0.15, 0.2) is 67.1 Å². The third-order valence-electron chi connectivity index (χ3n) is 4.65. The van der Waals surface area contributed by atoms with E-state index in [-0.39, 0.29) is 18.5 Å². The number of halogens is 1. The van der Waals surface area contributed by atoms with Gasteiger partial charge in [0.1, 0.15) is 5.82 Å². The number of hydrogen-bond acceptors (Lipinski definition) is 6. The van der Waals surface area contributed by atoms with E-state index >= 15 is 0 Å². The van der Waals surface area contributed by atoms with Crippen LogP contribution in [0.25, 0.3) is 22.2 Å². The van der Waals surface area contributed by atoms with Gasteiger partial charge in [0.25, 0.3) is 0 Å². The monoisotopic (exact) mass is 390 g/mol. The molecule has 1 aromatic carbocycles. The zero-order chi connectivity index (χ0) is 20.2. The number of anilines is 1. The highest BCUT2D eigenvalue weighted by Crippen LogP contribution is 2.29. The van der Waals surface area contributed by atoms with Crippen molar-refractivity contribution in [2.45, 2.75) is 6.04 Å². The van der Waals surface area contributed by atoms with Crippen LogP contribution in [0.2, 0.25) is 0 Å². The Morgan fingerprint density at radius 2 is 1.86 bits per heavy atom. The quantitative estimate of drug-likeness (QED) is 0.518. The first-order valence-electron chi connectivity index (χ1n) is 9.06. The number of methoxy groups -OCH3 is 1. The molecule has 7 heteroatoms. The van der Waals surface area contributed by atoms with Crippen molar-refractivity contribution < 1.29 is 14.2 Å². The van der Waals surface area contributed by atoms with Gasteiger partial charge in [0, 0.05) is 35.1 Å². The fraction of sp³-hybridized carbons (Fsp3) is 0.136. The Morgan fingerprint density at radius 1 is 1.03 bits per heavy atom. The lowest BCUT2D eigenvalue weighted by atomic mass is 10.1. The predicted octanol–water partition coefficient (Wildman–Crippen LogP) is 3.99. The molecule has 29 heavy (non-hydrogen) atoms. The lowest BCUT2D eigenvalue weighted by Crippen LogP contribution is -2.15. The van der Waals surface area contributed by atoms with Crippen molar-refractivity contribution in [3.05, 3.63) is 78.5 Å². The van der Waals surface area contributed by atoms with E-state index in [0.717, 1.165) is 22.2 Å².